The highest BCUT2D eigenvalue weighted by molar-refractivity contribution is 7.91. The molecule has 0 aromatic heterocycles. The van der Waals surface area contributed by atoms with E-state index in [4.69, 9.17) is 4.74 Å². The number of hydrogen-bond donors (Lipinski definition) is 1. The van der Waals surface area contributed by atoms with E-state index in [1.165, 1.54) is 24.3 Å². The number of ether oxygens (including phenoxy) is 1. The SMILES string of the molecule is CO[C@@H](C)[C@H](CS(=O)(=O)c1ccc(C)cc1)[C@@](F)(C(=O)NCc1ccccc1)C(F)(F)F. The lowest BCUT2D eigenvalue weighted by molar-refractivity contribution is -0.248. The van der Waals surface area contributed by atoms with Crippen LogP contribution in [-0.4, -0.2) is 45.1 Å². The van der Waals surface area contributed by atoms with Gasteiger partial charge in [0.05, 0.1) is 22.7 Å². The Morgan fingerprint density at radius 1 is 1.03 bits per heavy atom. The fourth-order valence-electron chi connectivity index (χ4n) is 3.23. The third kappa shape index (κ3) is 5.66. The normalized spacial score (nSPS) is 16.1. The van der Waals surface area contributed by atoms with Gasteiger partial charge in [0.2, 0.25) is 0 Å². The molecule has 2 rings (SSSR count). The van der Waals surface area contributed by atoms with Gasteiger partial charge >= 0.3 is 6.18 Å². The zero-order valence-corrected chi connectivity index (χ0v) is 18.6. The lowest BCUT2D eigenvalue weighted by Crippen LogP contribution is -2.62. The van der Waals surface area contributed by atoms with E-state index in [2.05, 4.69) is 0 Å². The van der Waals surface area contributed by atoms with Gasteiger partial charge in [-0.15, -0.1) is 0 Å². The molecule has 1 amide bonds. The van der Waals surface area contributed by atoms with Crippen molar-refractivity contribution >= 4 is 15.7 Å². The van der Waals surface area contributed by atoms with Gasteiger partial charge in [0, 0.05) is 13.7 Å². The molecule has 5 nitrogen and oxygen atoms in total. The van der Waals surface area contributed by atoms with Crippen LogP contribution >= 0.6 is 0 Å². The summed E-state index contributed by atoms with van der Waals surface area (Å²) >= 11 is 0. The fraction of sp³-hybridized carbons (Fsp3) is 0.409. The molecule has 0 fully saturated rings. The van der Waals surface area contributed by atoms with Crippen LogP contribution in [0.25, 0.3) is 0 Å². The summed E-state index contributed by atoms with van der Waals surface area (Å²) in [4.78, 5) is 12.3. The minimum Gasteiger partial charge on any atom is -0.381 e. The van der Waals surface area contributed by atoms with Crippen LogP contribution in [0.1, 0.15) is 18.1 Å². The first-order valence-corrected chi connectivity index (χ1v) is 11.4. The molecule has 0 aliphatic heterocycles. The minimum absolute atomic E-state index is 0.273. The van der Waals surface area contributed by atoms with Gasteiger partial charge in [0.1, 0.15) is 0 Å². The predicted octanol–water partition coefficient (Wildman–Crippen LogP) is 4.01. The Balaban J connectivity index is 2.43. The molecule has 2 aromatic rings. The number of nitrogens with one attached hydrogen (secondary N) is 1. The van der Waals surface area contributed by atoms with Gasteiger partial charge in [-0.2, -0.15) is 13.2 Å². The molecule has 176 valence electrons. The number of carbonyl (C=O) groups is 1. The Bertz CT molecular complexity index is 1010. The van der Waals surface area contributed by atoms with E-state index in [9.17, 15) is 26.4 Å². The second-order valence-electron chi connectivity index (χ2n) is 7.52. The topological polar surface area (TPSA) is 72.5 Å². The van der Waals surface area contributed by atoms with Crippen LogP contribution in [-0.2, 0) is 25.9 Å². The van der Waals surface area contributed by atoms with Crippen molar-refractivity contribution in [2.24, 2.45) is 5.92 Å². The number of sulfone groups is 1. The summed E-state index contributed by atoms with van der Waals surface area (Å²) < 4.78 is 88.2. The van der Waals surface area contributed by atoms with Crippen molar-refractivity contribution in [3.8, 4) is 0 Å². The standard InChI is InChI=1S/C22H25F4NO4S/c1-15-9-11-18(12-10-15)32(29,30)14-19(16(2)31-3)21(23,22(24,25)26)20(28)27-13-17-7-5-4-6-8-17/h4-12,16,19H,13-14H2,1-3H3,(H,27,28)/t16-,19-,21+/m0/s1. The van der Waals surface area contributed by atoms with E-state index < -0.39 is 45.4 Å². The minimum atomic E-state index is -5.69. The van der Waals surface area contributed by atoms with E-state index >= 15 is 4.39 Å². The van der Waals surface area contributed by atoms with Gasteiger partial charge in [-0.1, -0.05) is 48.0 Å². The number of carbonyl (C=O) groups excluding carboxylic acids is 1. The Morgan fingerprint density at radius 3 is 2.09 bits per heavy atom. The van der Waals surface area contributed by atoms with Crippen molar-refractivity contribution in [3.63, 3.8) is 0 Å². The number of rotatable bonds is 9. The van der Waals surface area contributed by atoms with Crippen molar-refractivity contribution in [1.29, 1.82) is 0 Å². The molecule has 2 aromatic carbocycles. The van der Waals surface area contributed by atoms with Crippen LogP contribution in [0.15, 0.2) is 59.5 Å². The van der Waals surface area contributed by atoms with E-state index in [0.717, 1.165) is 19.6 Å². The van der Waals surface area contributed by atoms with Gasteiger partial charge in [-0.3, -0.25) is 4.79 Å². The van der Waals surface area contributed by atoms with E-state index in [1.54, 1.807) is 37.3 Å². The highest BCUT2D eigenvalue weighted by Crippen LogP contribution is 2.43. The molecule has 0 saturated carbocycles. The summed E-state index contributed by atoms with van der Waals surface area (Å²) in [5.74, 6) is -5.60. The lowest BCUT2D eigenvalue weighted by atomic mass is 9.84. The summed E-state index contributed by atoms with van der Waals surface area (Å²) in [6.07, 6.45) is -7.22. The van der Waals surface area contributed by atoms with E-state index in [1.807, 2.05) is 5.32 Å². The predicted molar refractivity (Wildman–Crippen MR) is 111 cm³/mol. The largest absolute Gasteiger partial charge is 0.432 e. The second kappa shape index (κ2) is 9.99. The van der Waals surface area contributed by atoms with Crippen LogP contribution in [0.4, 0.5) is 17.6 Å². The molecule has 1 N–H and O–H groups in total. The average molecular weight is 476 g/mol. The highest BCUT2D eigenvalue weighted by Gasteiger charge is 2.67. The molecule has 0 saturated heterocycles. The number of aryl methyl sites for hydroxylation is 1. The molecule has 0 unspecified atom stereocenters. The molecule has 0 heterocycles. The van der Waals surface area contributed by atoms with Gasteiger partial charge in [-0.25, -0.2) is 12.8 Å². The monoisotopic (exact) mass is 475 g/mol. The number of hydrogen-bond acceptors (Lipinski definition) is 4. The molecule has 3 atom stereocenters. The Labute approximate surface area is 184 Å². The molecule has 0 aliphatic carbocycles. The lowest BCUT2D eigenvalue weighted by Gasteiger charge is -2.36. The second-order valence-corrected chi connectivity index (χ2v) is 9.55. The zero-order chi connectivity index (χ0) is 24.2. The molecule has 0 spiro atoms. The summed E-state index contributed by atoms with van der Waals surface area (Å²) in [5, 5.41) is 1.95. The van der Waals surface area contributed by atoms with Crippen molar-refractivity contribution in [2.45, 2.75) is 43.2 Å². The molecule has 0 radical (unpaired) electrons. The van der Waals surface area contributed by atoms with Crippen molar-refractivity contribution < 1.29 is 35.5 Å². The maximum atomic E-state index is 15.7. The third-order valence-electron chi connectivity index (χ3n) is 5.27. The Morgan fingerprint density at radius 2 is 1.59 bits per heavy atom. The van der Waals surface area contributed by atoms with Crippen LogP contribution in [0.5, 0.6) is 0 Å². The number of halogens is 4. The number of alkyl halides is 4. The average Bonchev–Trinajstić information content (AvgIpc) is 2.75. The summed E-state index contributed by atoms with van der Waals surface area (Å²) in [6, 6.07) is 13.4. The van der Waals surface area contributed by atoms with E-state index in [0.29, 0.717) is 5.56 Å². The summed E-state index contributed by atoms with van der Waals surface area (Å²) in [6.45, 7) is 2.44. The summed E-state index contributed by atoms with van der Waals surface area (Å²) in [5.41, 5.74) is -3.32. The van der Waals surface area contributed by atoms with Crippen molar-refractivity contribution in [1.82, 2.24) is 5.32 Å². The maximum absolute atomic E-state index is 15.7. The molecular formula is C22H25F4NO4S. The molecular weight excluding hydrogens is 450 g/mol. The fourth-order valence-corrected chi connectivity index (χ4v) is 4.95. The zero-order valence-electron chi connectivity index (χ0n) is 17.8. The van der Waals surface area contributed by atoms with Crippen molar-refractivity contribution in [3.05, 3.63) is 65.7 Å². The number of benzene rings is 2. The number of amides is 1. The van der Waals surface area contributed by atoms with Crippen LogP contribution < -0.4 is 5.32 Å². The smallest absolute Gasteiger partial charge is 0.381 e. The molecule has 0 bridgehead atoms. The van der Waals surface area contributed by atoms with E-state index in [-0.39, 0.29) is 11.4 Å². The molecule has 32 heavy (non-hydrogen) atoms. The molecule has 0 aliphatic rings. The Hall–Kier alpha value is -2.46. The van der Waals surface area contributed by atoms with Gasteiger partial charge in [-0.05, 0) is 31.5 Å². The van der Waals surface area contributed by atoms with Gasteiger partial charge in [0.15, 0.2) is 9.84 Å². The Kier molecular flexibility index (Phi) is 8.06. The highest BCUT2D eigenvalue weighted by atomic mass is 32.2. The first-order chi connectivity index (χ1) is 14.8. The number of methoxy groups -OCH3 is 1. The quantitative estimate of drug-likeness (QED) is 0.557. The van der Waals surface area contributed by atoms with Crippen molar-refractivity contribution in [2.75, 3.05) is 12.9 Å². The molecule has 10 heteroatoms. The third-order valence-corrected chi connectivity index (χ3v) is 7.06. The summed E-state index contributed by atoms with van der Waals surface area (Å²) in [7, 11) is -3.35. The van der Waals surface area contributed by atoms with Crippen LogP contribution in [0.2, 0.25) is 0 Å². The van der Waals surface area contributed by atoms with Crippen LogP contribution in [0, 0.1) is 12.8 Å². The first kappa shape index (κ1) is 25.8. The van der Waals surface area contributed by atoms with Gasteiger partial charge < -0.3 is 10.1 Å². The van der Waals surface area contributed by atoms with Gasteiger partial charge in [0.25, 0.3) is 11.6 Å². The maximum Gasteiger partial charge on any atom is 0.432 e. The first-order valence-electron chi connectivity index (χ1n) is 9.73. The van der Waals surface area contributed by atoms with Crippen LogP contribution in [0.3, 0.4) is 0 Å².